The quantitative estimate of drug-likeness (QED) is 0.761. The molecule has 1 rings (SSSR count). The number of carbonyl (C=O) groups is 2. The fraction of sp³-hybridized carbons (Fsp3) is 0.818. The number of piperidine rings is 1. The first kappa shape index (κ1) is 12.8. The highest BCUT2D eigenvalue weighted by molar-refractivity contribution is 5.74. The van der Waals surface area contributed by atoms with Gasteiger partial charge >= 0.3 is 12.0 Å². The molecular weight excluding hydrogens is 208 g/mol. The molecule has 0 spiro atoms. The lowest BCUT2D eigenvalue weighted by Gasteiger charge is -2.32. The Morgan fingerprint density at radius 1 is 1.50 bits per heavy atom. The van der Waals surface area contributed by atoms with E-state index in [2.05, 4.69) is 5.32 Å². The minimum atomic E-state index is -0.755. The molecule has 1 fully saturated rings. The van der Waals surface area contributed by atoms with E-state index in [4.69, 9.17) is 5.11 Å². The predicted molar refractivity (Wildman–Crippen MR) is 60.2 cm³/mol. The van der Waals surface area contributed by atoms with Crippen LogP contribution < -0.4 is 5.32 Å². The lowest BCUT2D eigenvalue weighted by molar-refractivity contribution is -0.137. The van der Waals surface area contributed by atoms with Crippen molar-refractivity contribution in [3.05, 3.63) is 0 Å². The maximum absolute atomic E-state index is 11.6. The number of hydrogen-bond donors (Lipinski definition) is 2. The van der Waals surface area contributed by atoms with E-state index in [-0.39, 0.29) is 12.5 Å². The molecular formula is C11H20N2O3. The molecule has 1 aliphatic heterocycles. The van der Waals surface area contributed by atoms with Gasteiger partial charge < -0.3 is 15.3 Å². The summed E-state index contributed by atoms with van der Waals surface area (Å²) < 4.78 is 0. The van der Waals surface area contributed by atoms with Gasteiger partial charge in [0.2, 0.25) is 0 Å². The summed E-state index contributed by atoms with van der Waals surface area (Å²) in [5, 5.41) is 11.4. The van der Waals surface area contributed by atoms with Crippen molar-refractivity contribution in [2.24, 2.45) is 5.92 Å². The fourth-order valence-corrected chi connectivity index (χ4v) is 2.08. The third-order valence-corrected chi connectivity index (χ3v) is 2.90. The van der Waals surface area contributed by atoms with Gasteiger partial charge in [0.25, 0.3) is 0 Å². The molecule has 92 valence electrons. The maximum Gasteiger partial charge on any atom is 0.317 e. The Balaban J connectivity index is 2.34. The largest absolute Gasteiger partial charge is 0.481 e. The summed E-state index contributed by atoms with van der Waals surface area (Å²) in [5.41, 5.74) is 0. The molecule has 2 amide bonds. The summed E-state index contributed by atoms with van der Waals surface area (Å²) in [6.07, 6.45) is 2.88. The standard InChI is InChI=1S/C11H20N2O3/c1-2-12-11(16)13-7-3-4-9(8-13)5-6-10(14)15/h9H,2-8H2,1H3,(H,12,16)(H,14,15). The molecule has 0 aromatic rings. The maximum atomic E-state index is 11.6. The van der Waals surface area contributed by atoms with Gasteiger partial charge in [-0.25, -0.2) is 4.79 Å². The monoisotopic (exact) mass is 228 g/mol. The molecule has 0 aromatic carbocycles. The highest BCUT2D eigenvalue weighted by atomic mass is 16.4. The van der Waals surface area contributed by atoms with Crippen molar-refractivity contribution < 1.29 is 14.7 Å². The van der Waals surface area contributed by atoms with E-state index in [9.17, 15) is 9.59 Å². The van der Waals surface area contributed by atoms with Crippen LogP contribution in [0.5, 0.6) is 0 Å². The van der Waals surface area contributed by atoms with E-state index >= 15 is 0 Å². The minimum Gasteiger partial charge on any atom is -0.481 e. The molecule has 0 bridgehead atoms. The Labute approximate surface area is 95.8 Å². The topological polar surface area (TPSA) is 69.6 Å². The van der Waals surface area contributed by atoms with Gasteiger partial charge in [-0.05, 0) is 32.1 Å². The van der Waals surface area contributed by atoms with E-state index < -0.39 is 5.97 Å². The van der Waals surface area contributed by atoms with E-state index in [1.165, 1.54) is 0 Å². The van der Waals surface area contributed by atoms with E-state index in [1.807, 2.05) is 6.92 Å². The average molecular weight is 228 g/mol. The molecule has 5 heteroatoms. The zero-order chi connectivity index (χ0) is 12.0. The van der Waals surface area contributed by atoms with E-state index in [0.29, 0.717) is 25.4 Å². The second kappa shape index (κ2) is 6.35. The Bertz CT molecular complexity index is 256. The molecule has 2 N–H and O–H groups in total. The number of hydrogen-bond acceptors (Lipinski definition) is 2. The fourth-order valence-electron chi connectivity index (χ4n) is 2.08. The number of amides is 2. The predicted octanol–water partition coefficient (Wildman–Crippen LogP) is 1.29. The number of nitrogens with one attached hydrogen (secondary N) is 1. The van der Waals surface area contributed by atoms with Crippen LogP contribution >= 0.6 is 0 Å². The van der Waals surface area contributed by atoms with Crippen LogP contribution in [0.15, 0.2) is 0 Å². The molecule has 0 aromatic heterocycles. The van der Waals surface area contributed by atoms with Crippen LogP contribution in [-0.4, -0.2) is 41.6 Å². The Morgan fingerprint density at radius 3 is 2.88 bits per heavy atom. The highest BCUT2D eigenvalue weighted by Gasteiger charge is 2.23. The third-order valence-electron chi connectivity index (χ3n) is 2.90. The molecule has 1 unspecified atom stereocenters. The van der Waals surface area contributed by atoms with Crippen LogP contribution in [0.2, 0.25) is 0 Å². The van der Waals surface area contributed by atoms with Crippen LogP contribution in [0.25, 0.3) is 0 Å². The molecule has 1 heterocycles. The molecule has 1 aliphatic rings. The Kier molecular flexibility index (Phi) is 5.08. The van der Waals surface area contributed by atoms with E-state index in [1.54, 1.807) is 4.90 Å². The number of carboxylic acids is 1. The second-order valence-corrected chi connectivity index (χ2v) is 4.22. The molecule has 0 saturated carbocycles. The van der Waals surface area contributed by atoms with Crippen LogP contribution in [0.1, 0.15) is 32.6 Å². The van der Waals surface area contributed by atoms with Gasteiger partial charge in [-0.3, -0.25) is 4.79 Å². The van der Waals surface area contributed by atoms with Crippen LogP contribution in [0.4, 0.5) is 4.79 Å². The van der Waals surface area contributed by atoms with Crippen molar-refractivity contribution in [3.8, 4) is 0 Å². The van der Waals surface area contributed by atoms with Crippen molar-refractivity contribution in [3.63, 3.8) is 0 Å². The number of likely N-dealkylation sites (tertiary alicyclic amines) is 1. The number of aliphatic carboxylic acids is 1. The molecule has 0 radical (unpaired) electrons. The Morgan fingerprint density at radius 2 is 2.25 bits per heavy atom. The van der Waals surface area contributed by atoms with Crippen LogP contribution in [-0.2, 0) is 4.79 Å². The second-order valence-electron chi connectivity index (χ2n) is 4.22. The third kappa shape index (κ3) is 4.08. The first-order valence-electron chi connectivity index (χ1n) is 5.88. The first-order chi connectivity index (χ1) is 7.63. The SMILES string of the molecule is CCNC(=O)N1CCCC(CCC(=O)O)C1. The van der Waals surface area contributed by atoms with Gasteiger partial charge in [0.1, 0.15) is 0 Å². The summed E-state index contributed by atoms with van der Waals surface area (Å²) in [6.45, 7) is 4.01. The summed E-state index contributed by atoms with van der Waals surface area (Å²) in [4.78, 5) is 23.8. The van der Waals surface area contributed by atoms with Gasteiger partial charge in [-0.2, -0.15) is 0 Å². The van der Waals surface area contributed by atoms with Gasteiger partial charge in [0, 0.05) is 26.1 Å². The molecule has 16 heavy (non-hydrogen) atoms. The lowest BCUT2D eigenvalue weighted by Crippen LogP contribution is -2.45. The summed E-state index contributed by atoms with van der Waals surface area (Å²) in [5.74, 6) is -0.414. The molecule has 1 saturated heterocycles. The van der Waals surface area contributed by atoms with E-state index in [0.717, 1.165) is 19.4 Å². The summed E-state index contributed by atoms with van der Waals surface area (Å²) >= 11 is 0. The minimum absolute atomic E-state index is 0.0254. The number of rotatable bonds is 4. The molecule has 1 atom stereocenters. The van der Waals surface area contributed by atoms with Crippen molar-refractivity contribution in [1.82, 2.24) is 10.2 Å². The summed E-state index contributed by atoms with van der Waals surface area (Å²) in [7, 11) is 0. The normalized spacial score (nSPS) is 20.6. The number of nitrogens with zero attached hydrogens (tertiary/aromatic N) is 1. The van der Waals surface area contributed by atoms with Gasteiger partial charge in [0.15, 0.2) is 0 Å². The van der Waals surface area contributed by atoms with Crippen LogP contribution in [0, 0.1) is 5.92 Å². The van der Waals surface area contributed by atoms with Crippen molar-refractivity contribution in [2.75, 3.05) is 19.6 Å². The van der Waals surface area contributed by atoms with Crippen molar-refractivity contribution in [2.45, 2.75) is 32.6 Å². The van der Waals surface area contributed by atoms with Gasteiger partial charge in [-0.15, -0.1) is 0 Å². The molecule has 0 aliphatic carbocycles. The Hall–Kier alpha value is -1.26. The number of carbonyl (C=O) groups excluding carboxylic acids is 1. The highest BCUT2D eigenvalue weighted by Crippen LogP contribution is 2.20. The first-order valence-corrected chi connectivity index (χ1v) is 5.88. The van der Waals surface area contributed by atoms with Gasteiger partial charge in [-0.1, -0.05) is 0 Å². The van der Waals surface area contributed by atoms with Gasteiger partial charge in [0.05, 0.1) is 0 Å². The average Bonchev–Trinajstić information content (AvgIpc) is 2.27. The smallest absolute Gasteiger partial charge is 0.317 e. The van der Waals surface area contributed by atoms with Crippen molar-refractivity contribution >= 4 is 12.0 Å². The lowest BCUT2D eigenvalue weighted by atomic mass is 9.93. The zero-order valence-electron chi connectivity index (χ0n) is 9.74. The van der Waals surface area contributed by atoms with Crippen molar-refractivity contribution in [1.29, 1.82) is 0 Å². The summed E-state index contributed by atoms with van der Waals surface area (Å²) in [6, 6.07) is -0.0254. The van der Waals surface area contributed by atoms with Crippen LogP contribution in [0.3, 0.4) is 0 Å². The zero-order valence-corrected chi connectivity index (χ0v) is 9.74. The molecule has 5 nitrogen and oxygen atoms in total. The number of carboxylic acid groups (broad SMARTS) is 1. The number of urea groups is 1.